The number of benzene rings is 1. The summed E-state index contributed by atoms with van der Waals surface area (Å²) in [5, 5.41) is 0. The third-order valence-electron chi connectivity index (χ3n) is 3.35. The fourth-order valence-corrected chi connectivity index (χ4v) is 3.74. The van der Waals surface area contributed by atoms with Gasteiger partial charge in [-0.3, -0.25) is 0 Å². The number of nitrogen functional groups attached to an aromatic ring is 1. The van der Waals surface area contributed by atoms with Gasteiger partial charge in [-0.05, 0) is 47.3 Å². The molecular formula is C13H19BrN2O4S. The molecule has 1 aromatic carbocycles. The van der Waals surface area contributed by atoms with E-state index in [4.69, 9.17) is 15.2 Å². The van der Waals surface area contributed by atoms with E-state index in [0.717, 1.165) is 19.3 Å². The molecule has 0 saturated carbocycles. The lowest BCUT2D eigenvalue weighted by atomic mass is 10.1. The number of hydrogen-bond acceptors (Lipinski definition) is 5. The molecule has 1 heterocycles. The molecule has 1 aliphatic rings. The Morgan fingerprint density at radius 1 is 1.48 bits per heavy atom. The smallest absolute Gasteiger partial charge is 0.244 e. The van der Waals surface area contributed by atoms with Crippen molar-refractivity contribution in [3.8, 4) is 5.75 Å². The zero-order valence-electron chi connectivity index (χ0n) is 11.8. The van der Waals surface area contributed by atoms with Crippen LogP contribution in [0.2, 0.25) is 0 Å². The van der Waals surface area contributed by atoms with E-state index >= 15 is 0 Å². The van der Waals surface area contributed by atoms with Gasteiger partial charge in [0.25, 0.3) is 0 Å². The first kappa shape index (κ1) is 16.5. The predicted octanol–water partition coefficient (Wildman–Crippen LogP) is 1.89. The van der Waals surface area contributed by atoms with Crippen molar-refractivity contribution >= 4 is 31.6 Å². The van der Waals surface area contributed by atoms with E-state index in [0.29, 0.717) is 16.8 Å². The van der Waals surface area contributed by atoms with Crippen molar-refractivity contribution in [3.63, 3.8) is 0 Å². The van der Waals surface area contributed by atoms with E-state index < -0.39 is 10.0 Å². The molecule has 2 rings (SSSR count). The van der Waals surface area contributed by atoms with Crippen LogP contribution in [0.1, 0.15) is 19.3 Å². The van der Waals surface area contributed by atoms with E-state index in [1.54, 1.807) is 6.07 Å². The molecule has 1 fully saturated rings. The van der Waals surface area contributed by atoms with Crippen molar-refractivity contribution in [1.82, 2.24) is 4.72 Å². The Balaban J connectivity index is 2.16. The van der Waals surface area contributed by atoms with E-state index in [9.17, 15) is 8.42 Å². The minimum absolute atomic E-state index is 0.0292. The first-order chi connectivity index (χ1) is 9.94. The fourth-order valence-electron chi connectivity index (χ4n) is 2.17. The predicted molar refractivity (Wildman–Crippen MR) is 83.9 cm³/mol. The summed E-state index contributed by atoms with van der Waals surface area (Å²) in [5.41, 5.74) is 6.10. The lowest BCUT2D eigenvalue weighted by Crippen LogP contribution is -2.35. The maximum Gasteiger partial charge on any atom is 0.244 e. The summed E-state index contributed by atoms with van der Waals surface area (Å²) in [7, 11) is -2.28. The average Bonchev–Trinajstić information content (AvgIpc) is 2.48. The van der Waals surface area contributed by atoms with Gasteiger partial charge in [0, 0.05) is 23.3 Å². The molecule has 6 nitrogen and oxygen atoms in total. The summed E-state index contributed by atoms with van der Waals surface area (Å²) in [6, 6.07) is 2.92. The molecule has 0 aliphatic carbocycles. The van der Waals surface area contributed by atoms with Crippen LogP contribution < -0.4 is 15.2 Å². The van der Waals surface area contributed by atoms with Gasteiger partial charge in [0.15, 0.2) is 0 Å². The van der Waals surface area contributed by atoms with Crippen LogP contribution in [0.5, 0.6) is 5.75 Å². The molecule has 1 saturated heterocycles. The highest BCUT2D eigenvalue weighted by Gasteiger charge is 2.23. The molecule has 1 unspecified atom stereocenters. The zero-order chi connectivity index (χ0) is 15.5. The Labute approximate surface area is 133 Å². The largest absolute Gasteiger partial charge is 0.495 e. The van der Waals surface area contributed by atoms with Crippen molar-refractivity contribution in [3.05, 3.63) is 16.6 Å². The lowest BCUT2D eigenvalue weighted by molar-refractivity contribution is 0.0200. The molecule has 1 aliphatic heterocycles. The number of sulfonamides is 1. The minimum atomic E-state index is -3.70. The molecule has 8 heteroatoms. The number of nitrogens with one attached hydrogen (secondary N) is 1. The highest BCUT2D eigenvalue weighted by molar-refractivity contribution is 9.10. The number of halogens is 1. The minimum Gasteiger partial charge on any atom is -0.495 e. The molecule has 0 spiro atoms. The zero-order valence-corrected chi connectivity index (χ0v) is 14.2. The number of nitrogens with two attached hydrogens (primary N) is 1. The van der Waals surface area contributed by atoms with Crippen LogP contribution in [0.4, 0.5) is 5.69 Å². The summed E-state index contributed by atoms with van der Waals surface area (Å²) in [4.78, 5) is 0.0292. The van der Waals surface area contributed by atoms with Crippen LogP contribution in [0, 0.1) is 0 Å². The second-order valence-corrected chi connectivity index (χ2v) is 7.45. The first-order valence-corrected chi connectivity index (χ1v) is 8.96. The van der Waals surface area contributed by atoms with Crippen molar-refractivity contribution in [2.45, 2.75) is 30.3 Å². The summed E-state index contributed by atoms with van der Waals surface area (Å²) in [6.45, 7) is 0.933. The Morgan fingerprint density at radius 3 is 2.86 bits per heavy atom. The van der Waals surface area contributed by atoms with E-state index in [1.807, 2.05) is 0 Å². The van der Waals surface area contributed by atoms with Crippen LogP contribution in [0.25, 0.3) is 0 Å². The Morgan fingerprint density at radius 2 is 2.24 bits per heavy atom. The van der Waals surface area contributed by atoms with Crippen LogP contribution in [-0.4, -0.2) is 34.8 Å². The van der Waals surface area contributed by atoms with E-state index in [-0.39, 0.29) is 23.3 Å². The monoisotopic (exact) mass is 378 g/mol. The molecule has 0 radical (unpaired) electrons. The first-order valence-electron chi connectivity index (χ1n) is 6.68. The summed E-state index contributed by atoms with van der Waals surface area (Å²) < 4.78 is 38.6. The van der Waals surface area contributed by atoms with Crippen LogP contribution in [0.15, 0.2) is 21.5 Å². The standard InChI is InChI=1S/C13H19BrN2O4S/c1-19-12-6-10(14)11(15)7-13(12)21(17,18)16-8-9-4-2-3-5-20-9/h6-7,9,16H,2-5,8,15H2,1H3. The van der Waals surface area contributed by atoms with Crippen LogP contribution in [-0.2, 0) is 14.8 Å². The number of anilines is 1. The highest BCUT2D eigenvalue weighted by Crippen LogP contribution is 2.32. The van der Waals surface area contributed by atoms with Crippen molar-refractivity contribution < 1.29 is 17.9 Å². The molecule has 0 amide bonds. The summed E-state index contributed by atoms with van der Waals surface area (Å²) in [6.07, 6.45) is 2.87. The van der Waals surface area contributed by atoms with Gasteiger partial charge in [-0.1, -0.05) is 0 Å². The maximum absolute atomic E-state index is 12.4. The van der Waals surface area contributed by atoms with Gasteiger partial charge in [0.2, 0.25) is 10.0 Å². The van der Waals surface area contributed by atoms with Gasteiger partial charge in [0.05, 0.1) is 13.2 Å². The Bertz CT molecular complexity index is 600. The third-order valence-corrected chi connectivity index (χ3v) is 5.48. The number of ether oxygens (including phenoxy) is 2. The highest BCUT2D eigenvalue weighted by atomic mass is 79.9. The third kappa shape index (κ3) is 4.09. The van der Waals surface area contributed by atoms with Gasteiger partial charge in [-0.2, -0.15) is 0 Å². The Hall–Kier alpha value is -0.830. The van der Waals surface area contributed by atoms with Crippen molar-refractivity contribution in [1.29, 1.82) is 0 Å². The molecule has 1 atom stereocenters. The van der Waals surface area contributed by atoms with Gasteiger partial charge >= 0.3 is 0 Å². The summed E-state index contributed by atoms with van der Waals surface area (Å²) in [5.74, 6) is 0.244. The lowest BCUT2D eigenvalue weighted by Gasteiger charge is -2.23. The molecule has 3 N–H and O–H groups in total. The topological polar surface area (TPSA) is 90.7 Å². The summed E-state index contributed by atoms with van der Waals surface area (Å²) >= 11 is 3.25. The van der Waals surface area contributed by atoms with Crippen LogP contribution >= 0.6 is 15.9 Å². The fraction of sp³-hybridized carbons (Fsp3) is 0.538. The number of hydrogen-bond donors (Lipinski definition) is 2. The van der Waals surface area contributed by atoms with Gasteiger partial charge < -0.3 is 15.2 Å². The average molecular weight is 379 g/mol. The normalized spacial score (nSPS) is 19.4. The van der Waals surface area contributed by atoms with Gasteiger partial charge in [-0.25, -0.2) is 13.1 Å². The van der Waals surface area contributed by atoms with Crippen molar-refractivity contribution in [2.75, 3.05) is 26.0 Å². The molecule has 0 aromatic heterocycles. The Kier molecular flexibility index (Phi) is 5.48. The quantitative estimate of drug-likeness (QED) is 0.763. The molecule has 118 valence electrons. The van der Waals surface area contributed by atoms with Crippen molar-refractivity contribution in [2.24, 2.45) is 0 Å². The molecule has 0 bridgehead atoms. The van der Waals surface area contributed by atoms with Crippen LogP contribution in [0.3, 0.4) is 0 Å². The molecule has 1 aromatic rings. The second-order valence-electron chi connectivity index (χ2n) is 4.87. The molecule has 21 heavy (non-hydrogen) atoms. The van der Waals surface area contributed by atoms with Gasteiger partial charge in [-0.15, -0.1) is 0 Å². The van der Waals surface area contributed by atoms with E-state index in [2.05, 4.69) is 20.7 Å². The second kappa shape index (κ2) is 6.95. The SMILES string of the molecule is COc1cc(Br)c(N)cc1S(=O)(=O)NCC1CCCCO1. The maximum atomic E-state index is 12.4. The van der Waals surface area contributed by atoms with E-state index in [1.165, 1.54) is 13.2 Å². The number of methoxy groups -OCH3 is 1. The van der Waals surface area contributed by atoms with Gasteiger partial charge in [0.1, 0.15) is 10.6 Å². The number of rotatable bonds is 5. The molecular weight excluding hydrogens is 360 g/mol.